The number of nitrogens with one attached hydrogen (secondary N) is 1. The van der Waals surface area contributed by atoms with E-state index in [9.17, 15) is 9.90 Å². The Hall–Kier alpha value is -3.14. The lowest BCUT2D eigenvalue weighted by atomic mass is 9.94. The van der Waals surface area contributed by atoms with Gasteiger partial charge in [0.05, 0.1) is 17.3 Å². The zero-order valence-corrected chi connectivity index (χ0v) is 22.9. The molecule has 4 atom stereocenters. The number of carbonyl (C=O) groups is 1. The first-order valence-electron chi connectivity index (χ1n) is 13.6. The molecule has 2 aromatic carbocycles. The van der Waals surface area contributed by atoms with E-state index in [0.29, 0.717) is 41.8 Å². The van der Waals surface area contributed by atoms with E-state index in [1.807, 2.05) is 4.90 Å². The number of piperazine rings is 1. The summed E-state index contributed by atoms with van der Waals surface area (Å²) in [5.74, 6) is -0.393. The third-order valence-electron chi connectivity index (χ3n) is 8.83. The number of benzene rings is 2. The summed E-state index contributed by atoms with van der Waals surface area (Å²) in [6.45, 7) is 6.33. The van der Waals surface area contributed by atoms with E-state index in [-0.39, 0.29) is 51.8 Å². The minimum atomic E-state index is -0.618. The first-order chi connectivity index (χ1) is 18.7. The fraction of sp³-hybridized carbons (Fsp3) is 0.448. The predicted octanol–water partition coefficient (Wildman–Crippen LogP) is 4.08. The molecule has 4 aliphatic rings. The molecule has 0 spiro atoms. The molecule has 1 amide bonds. The van der Waals surface area contributed by atoms with Gasteiger partial charge in [-0.25, -0.2) is 9.37 Å². The molecule has 204 valence electrons. The molecule has 0 bridgehead atoms. The molecule has 0 aliphatic carbocycles. The average molecular weight is 552 g/mol. The summed E-state index contributed by atoms with van der Waals surface area (Å²) in [6, 6.07) is 6.62. The quantitative estimate of drug-likeness (QED) is 0.497. The maximum absolute atomic E-state index is 16.6. The number of aromatic nitrogens is 1. The highest BCUT2D eigenvalue weighted by molar-refractivity contribution is 6.35. The Morgan fingerprint density at radius 1 is 1.23 bits per heavy atom. The molecule has 4 aliphatic heterocycles. The molecule has 0 radical (unpaired) electrons. The van der Waals surface area contributed by atoms with Crippen molar-refractivity contribution in [2.45, 2.75) is 50.9 Å². The Labute approximate surface area is 231 Å². The number of amides is 1. The highest BCUT2D eigenvalue weighted by Gasteiger charge is 2.48. The molecule has 5 heterocycles. The zero-order chi connectivity index (χ0) is 27.2. The average Bonchev–Trinajstić information content (AvgIpc) is 3.33. The standard InChI is InChI=1S/C29H31ClFN5O3/c1-14-6-4-8-20(37)22(14)23-17(30)10-16-25(24(23)31)33-28-27-26(16)35-12-15(2)32-11-19(35)29(38)36(27)13-21(39-28)18-7-5-9-34(18)3/h4,6,8,10,15,18-19,21,32,37H,5,7,9,11-13H2,1-3H3/t15-,18+,19-,21-/m1/s1. The molecule has 39 heavy (non-hydrogen) atoms. The summed E-state index contributed by atoms with van der Waals surface area (Å²) in [5, 5.41) is 14.8. The van der Waals surface area contributed by atoms with Crippen molar-refractivity contribution in [1.29, 1.82) is 0 Å². The van der Waals surface area contributed by atoms with E-state index < -0.39 is 11.9 Å². The Morgan fingerprint density at radius 3 is 2.79 bits per heavy atom. The van der Waals surface area contributed by atoms with Gasteiger partial charge < -0.3 is 25.0 Å². The van der Waals surface area contributed by atoms with Crippen molar-refractivity contribution in [3.8, 4) is 22.8 Å². The number of hydrogen-bond acceptors (Lipinski definition) is 7. The van der Waals surface area contributed by atoms with Crippen LogP contribution in [0.2, 0.25) is 5.02 Å². The largest absolute Gasteiger partial charge is 0.507 e. The van der Waals surface area contributed by atoms with Gasteiger partial charge in [0, 0.05) is 41.7 Å². The van der Waals surface area contributed by atoms with Crippen LogP contribution in [0.3, 0.4) is 0 Å². The van der Waals surface area contributed by atoms with Crippen LogP contribution in [0.1, 0.15) is 25.3 Å². The van der Waals surface area contributed by atoms with Crippen LogP contribution < -0.4 is 19.9 Å². The first kappa shape index (κ1) is 24.9. The van der Waals surface area contributed by atoms with E-state index in [2.05, 4.69) is 29.1 Å². The van der Waals surface area contributed by atoms with Gasteiger partial charge in [0.1, 0.15) is 29.1 Å². The van der Waals surface area contributed by atoms with Gasteiger partial charge in [-0.15, -0.1) is 0 Å². The van der Waals surface area contributed by atoms with Crippen molar-refractivity contribution in [2.75, 3.05) is 43.0 Å². The predicted molar refractivity (Wildman–Crippen MR) is 150 cm³/mol. The molecule has 1 aromatic heterocycles. The van der Waals surface area contributed by atoms with Gasteiger partial charge >= 0.3 is 0 Å². The SMILES string of the molecule is Cc1cccc(O)c1-c1c(Cl)cc2c3c4c(nc2c1F)O[C@@H]([C@@H]1CCCN1C)CN4C(=O)[C@H]1CN[C@H](C)CN31. The number of carbonyl (C=O) groups excluding carboxylic acids is 1. The number of halogens is 2. The van der Waals surface area contributed by atoms with E-state index in [0.717, 1.165) is 25.1 Å². The highest BCUT2D eigenvalue weighted by atomic mass is 35.5. The number of likely N-dealkylation sites (tertiary alicyclic amines) is 1. The second-order valence-corrected chi connectivity index (χ2v) is 11.7. The van der Waals surface area contributed by atoms with Gasteiger partial charge in [-0.1, -0.05) is 23.7 Å². The molecule has 0 unspecified atom stereocenters. The molecular formula is C29H31ClFN5O3. The van der Waals surface area contributed by atoms with Crippen molar-refractivity contribution in [3.05, 3.63) is 40.7 Å². The second kappa shape index (κ2) is 8.94. The molecule has 0 saturated carbocycles. The minimum Gasteiger partial charge on any atom is -0.507 e. The van der Waals surface area contributed by atoms with Crippen molar-refractivity contribution in [3.63, 3.8) is 0 Å². The normalized spacial score (nSPS) is 26.5. The maximum atomic E-state index is 16.6. The number of fused-ring (bicyclic) bond motifs is 4. The van der Waals surface area contributed by atoms with Crippen LogP contribution in [-0.4, -0.2) is 78.4 Å². The fourth-order valence-electron chi connectivity index (χ4n) is 6.92. The van der Waals surface area contributed by atoms with Crippen molar-refractivity contribution >= 4 is 39.8 Å². The number of likely N-dealkylation sites (N-methyl/N-ethyl adjacent to an activating group) is 1. The summed E-state index contributed by atoms with van der Waals surface area (Å²) >= 11 is 6.78. The van der Waals surface area contributed by atoms with Gasteiger partial charge in [0.25, 0.3) is 5.91 Å². The van der Waals surface area contributed by atoms with Crippen molar-refractivity contribution in [1.82, 2.24) is 15.2 Å². The van der Waals surface area contributed by atoms with E-state index in [1.165, 1.54) is 6.07 Å². The number of pyridine rings is 1. The van der Waals surface area contributed by atoms with Crippen molar-refractivity contribution < 1.29 is 19.0 Å². The number of anilines is 2. The number of hydrogen-bond donors (Lipinski definition) is 2. The van der Waals surface area contributed by atoms with Crippen LogP contribution in [0.25, 0.3) is 22.0 Å². The number of nitrogens with zero attached hydrogens (tertiary/aromatic N) is 4. The smallest absolute Gasteiger partial charge is 0.251 e. The number of rotatable bonds is 2. The molecule has 7 rings (SSSR count). The topological polar surface area (TPSA) is 81.2 Å². The summed E-state index contributed by atoms with van der Waals surface area (Å²) in [7, 11) is 2.07. The first-order valence-corrected chi connectivity index (χ1v) is 13.9. The molecule has 10 heteroatoms. The van der Waals surface area contributed by atoms with Crippen LogP contribution in [0.5, 0.6) is 11.6 Å². The summed E-state index contributed by atoms with van der Waals surface area (Å²) < 4.78 is 23.1. The van der Waals surface area contributed by atoms with Crippen LogP contribution in [0.4, 0.5) is 15.8 Å². The number of aromatic hydroxyl groups is 1. The number of ether oxygens (including phenoxy) is 1. The molecule has 2 saturated heterocycles. The van der Waals surface area contributed by atoms with Gasteiger partial charge in [0.2, 0.25) is 5.88 Å². The zero-order valence-electron chi connectivity index (χ0n) is 22.2. The maximum Gasteiger partial charge on any atom is 0.251 e. The van der Waals surface area contributed by atoms with Crippen LogP contribution >= 0.6 is 11.6 Å². The molecular weight excluding hydrogens is 521 g/mol. The Kier molecular flexibility index (Phi) is 5.70. The van der Waals surface area contributed by atoms with Crippen LogP contribution in [-0.2, 0) is 4.79 Å². The lowest BCUT2D eigenvalue weighted by molar-refractivity contribution is -0.121. The molecule has 8 nitrogen and oxygen atoms in total. The lowest BCUT2D eigenvalue weighted by Crippen LogP contribution is -2.66. The van der Waals surface area contributed by atoms with Crippen molar-refractivity contribution in [2.24, 2.45) is 0 Å². The molecule has 3 aromatic rings. The fourth-order valence-corrected chi connectivity index (χ4v) is 7.21. The van der Waals surface area contributed by atoms with Gasteiger partial charge in [-0.2, -0.15) is 0 Å². The van der Waals surface area contributed by atoms with Gasteiger partial charge in [-0.05, 0) is 58.0 Å². The number of phenols is 1. The highest BCUT2D eigenvalue weighted by Crippen LogP contribution is 2.52. The van der Waals surface area contributed by atoms with Crippen LogP contribution in [0.15, 0.2) is 24.3 Å². The molecule has 2 fully saturated rings. The minimum absolute atomic E-state index is 0.00581. The molecule has 2 N–H and O–H groups in total. The van der Waals surface area contributed by atoms with Gasteiger partial charge in [0.15, 0.2) is 5.82 Å². The van der Waals surface area contributed by atoms with E-state index in [1.54, 1.807) is 25.1 Å². The third kappa shape index (κ3) is 3.63. The monoisotopic (exact) mass is 551 g/mol. The number of aryl methyl sites for hydroxylation is 1. The summed E-state index contributed by atoms with van der Waals surface area (Å²) in [6.07, 6.45) is 1.75. The summed E-state index contributed by atoms with van der Waals surface area (Å²) in [5.41, 5.74) is 2.58. The lowest BCUT2D eigenvalue weighted by Gasteiger charge is -2.50. The Bertz CT molecular complexity index is 1510. The second-order valence-electron chi connectivity index (χ2n) is 11.3. The number of phenolic OH excluding ortho intramolecular Hbond substituents is 1. The van der Waals surface area contributed by atoms with Crippen LogP contribution in [0, 0.1) is 12.7 Å². The third-order valence-corrected chi connectivity index (χ3v) is 9.13. The van der Waals surface area contributed by atoms with E-state index >= 15 is 4.39 Å². The Morgan fingerprint density at radius 2 is 2.05 bits per heavy atom. The van der Waals surface area contributed by atoms with Gasteiger partial charge in [-0.3, -0.25) is 9.69 Å². The van der Waals surface area contributed by atoms with E-state index in [4.69, 9.17) is 21.3 Å². The summed E-state index contributed by atoms with van der Waals surface area (Å²) in [4.78, 5) is 24.8. The Balaban J connectivity index is 1.50.